The van der Waals surface area contributed by atoms with Crippen molar-refractivity contribution in [2.24, 2.45) is 0 Å². The van der Waals surface area contributed by atoms with Crippen LogP contribution in [0.1, 0.15) is 16.7 Å². The predicted molar refractivity (Wildman–Crippen MR) is 144 cm³/mol. The van der Waals surface area contributed by atoms with Gasteiger partial charge in [-0.05, 0) is 65.3 Å². The van der Waals surface area contributed by atoms with Crippen molar-refractivity contribution in [2.45, 2.75) is 6.54 Å². The standard InChI is InChI=1S/C29H28N2O3S/c1-33-26-12-8-21(9-13-26)16-24-19-31(29(35)30-18-23-6-4-3-5-7-23)20-25(28(24)32)17-22-10-14-27(34-2)15-11-22/h3-17H,18-20H2,1-2H3,(H,30,35)/b24-16+,25-17+. The van der Waals surface area contributed by atoms with E-state index < -0.39 is 0 Å². The predicted octanol–water partition coefficient (Wildman–Crippen LogP) is 5.13. The highest BCUT2D eigenvalue weighted by Gasteiger charge is 2.27. The monoisotopic (exact) mass is 484 g/mol. The van der Waals surface area contributed by atoms with Gasteiger partial charge < -0.3 is 19.7 Å². The van der Waals surface area contributed by atoms with Crippen LogP contribution in [0.4, 0.5) is 0 Å². The molecule has 1 heterocycles. The minimum Gasteiger partial charge on any atom is -0.497 e. The van der Waals surface area contributed by atoms with E-state index in [2.05, 4.69) is 17.4 Å². The molecule has 1 aliphatic rings. The van der Waals surface area contributed by atoms with Gasteiger partial charge in [-0.1, -0.05) is 54.6 Å². The number of nitrogens with zero attached hydrogens (tertiary/aromatic N) is 1. The number of carbonyl (C=O) groups excluding carboxylic acids is 1. The molecule has 0 atom stereocenters. The minimum absolute atomic E-state index is 0.0266. The Labute approximate surface area is 211 Å². The van der Waals surface area contributed by atoms with Crippen LogP contribution in [-0.4, -0.2) is 43.1 Å². The summed E-state index contributed by atoms with van der Waals surface area (Å²) < 4.78 is 10.5. The van der Waals surface area contributed by atoms with E-state index in [9.17, 15) is 4.79 Å². The summed E-state index contributed by atoms with van der Waals surface area (Å²) in [6.45, 7) is 1.50. The second kappa shape index (κ2) is 11.5. The minimum atomic E-state index is 0.0266. The van der Waals surface area contributed by atoms with Gasteiger partial charge in [-0.15, -0.1) is 0 Å². The van der Waals surface area contributed by atoms with Crippen LogP contribution in [0.25, 0.3) is 12.2 Å². The summed E-state index contributed by atoms with van der Waals surface area (Å²) in [6, 6.07) is 25.4. The molecule has 1 fully saturated rings. The third-order valence-corrected chi connectivity index (χ3v) is 6.20. The van der Waals surface area contributed by atoms with Crippen molar-refractivity contribution in [1.29, 1.82) is 0 Å². The van der Waals surface area contributed by atoms with Crippen molar-refractivity contribution >= 4 is 35.3 Å². The van der Waals surface area contributed by atoms with Crippen LogP contribution < -0.4 is 14.8 Å². The first kappa shape index (κ1) is 24.2. The highest BCUT2D eigenvalue weighted by Crippen LogP contribution is 2.24. The van der Waals surface area contributed by atoms with E-state index in [0.29, 0.717) is 35.9 Å². The van der Waals surface area contributed by atoms with E-state index in [4.69, 9.17) is 21.7 Å². The molecule has 0 aromatic heterocycles. The Morgan fingerprint density at radius 2 is 1.31 bits per heavy atom. The quantitative estimate of drug-likeness (QED) is 0.387. The molecule has 4 rings (SSSR count). The number of methoxy groups -OCH3 is 2. The molecule has 1 N–H and O–H groups in total. The van der Waals surface area contributed by atoms with Crippen molar-refractivity contribution in [3.63, 3.8) is 0 Å². The Hall–Kier alpha value is -3.90. The van der Waals surface area contributed by atoms with Gasteiger partial charge in [0.2, 0.25) is 0 Å². The Bertz CT molecular complexity index is 1160. The topological polar surface area (TPSA) is 50.8 Å². The maximum absolute atomic E-state index is 13.5. The molecule has 0 spiro atoms. The number of hydrogen-bond donors (Lipinski definition) is 1. The SMILES string of the molecule is COc1ccc(/C=C2\CN(C(=S)NCc3ccccc3)C/C(=C\c3ccc(OC)cc3)C2=O)cc1. The summed E-state index contributed by atoms with van der Waals surface area (Å²) in [6.07, 6.45) is 3.85. The number of ketones is 1. The molecule has 5 nitrogen and oxygen atoms in total. The fourth-order valence-electron chi connectivity index (χ4n) is 3.87. The van der Waals surface area contributed by atoms with Crippen LogP contribution in [0.15, 0.2) is 90.0 Å². The largest absolute Gasteiger partial charge is 0.497 e. The van der Waals surface area contributed by atoms with Crippen molar-refractivity contribution in [3.8, 4) is 11.5 Å². The Kier molecular flexibility index (Phi) is 7.95. The lowest BCUT2D eigenvalue weighted by molar-refractivity contribution is -0.113. The summed E-state index contributed by atoms with van der Waals surface area (Å²) >= 11 is 5.73. The van der Waals surface area contributed by atoms with Crippen molar-refractivity contribution in [2.75, 3.05) is 27.3 Å². The highest BCUT2D eigenvalue weighted by molar-refractivity contribution is 7.80. The number of hydrogen-bond acceptors (Lipinski definition) is 4. The van der Waals surface area contributed by atoms with Gasteiger partial charge in [0.15, 0.2) is 10.9 Å². The Morgan fingerprint density at radius 1 is 0.829 bits per heavy atom. The summed E-state index contributed by atoms with van der Waals surface area (Å²) in [5.41, 5.74) is 4.38. The molecule has 3 aromatic rings. The van der Waals surface area contributed by atoms with E-state index in [1.807, 2.05) is 83.8 Å². The van der Waals surface area contributed by atoms with Crippen molar-refractivity contribution in [1.82, 2.24) is 10.2 Å². The fourth-order valence-corrected chi connectivity index (χ4v) is 4.07. The van der Waals surface area contributed by atoms with Gasteiger partial charge in [0, 0.05) is 30.8 Å². The lowest BCUT2D eigenvalue weighted by Crippen LogP contribution is -2.46. The van der Waals surface area contributed by atoms with E-state index in [0.717, 1.165) is 28.2 Å². The normalized spacial score (nSPS) is 15.8. The van der Waals surface area contributed by atoms with Gasteiger partial charge in [0.25, 0.3) is 0 Å². The fraction of sp³-hybridized carbons (Fsp3) is 0.172. The number of Topliss-reactive ketones (excluding diaryl/α,β-unsaturated/α-hetero) is 1. The van der Waals surface area contributed by atoms with Crippen LogP contribution in [0, 0.1) is 0 Å². The zero-order valence-electron chi connectivity index (χ0n) is 19.9. The molecule has 1 saturated heterocycles. The average molecular weight is 485 g/mol. The number of ether oxygens (including phenoxy) is 2. The van der Waals surface area contributed by atoms with Crippen LogP contribution in [-0.2, 0) is 11.3 Å². The molecule has 35 heavy (non-hydrogen) atoms. The maximum Gasteiger partial charge on any atom is 0.188 e. The van der Waals surface area contributed by atoms with Crippen LogP contribution >= 0.6 is 12.2 Å². The number of nitrogens with one attached hydrogen (secondary N) is 1. The molecule has 0 radical (unpaired) electrons. The number of thiocarbonyl (C=S) groups is 1. The summed E-state index contributed by atoms with van der Waals surface area (Å²) in [4.78, 5) is 15.5. The highest BCUT2D eigenvalue weighted by atomic mass is 32.1. The molecule has 1 aliphatic heterocycles. The van der Waals surface area contributed by atoms with Gasteiger partial charge in [0.05, 0.1) is 14.2 Å². The number of likely N-dealkylation sites (tertiary alicyclic amines) is 1. The van der Waals surface area contributed by atoms with E-state index in [-0.39, 0.29) is 5.78 Å². The second-order valence-corrected chi connectivity index (χ2v) is 8.60. The molecule has 0 amide bonds. The third-order valence-electron chi connectivity index (χ3n) is 5.79. The second-order valence-electron chi connectivity index (χ2n) is 8.21. The first-order valence-electron chi connectivity index (χ1n) is 11.4. The van der Waals surface area contributed by atoms with Gasteiger partial charge in [-0.3, -0.25) is 4.79 Å². The van der Waals surface area contributed by atoms with Crippen LogP contribution in [0.2, 0.25) is 0 Å². The van der Waals surface area contributed by atoms with Crippen molar-refractivity contribution in [3.05, 3.63) is 107 Å². The maximum atomic E-state index is 13.5. The van der Waals surface area contributed by atoms with E-state index >= 15 is 0 Å². The summed E-state index contributed by atoms with van der Waals surface area (Å²) in [5, 5.41) is 3.95. The van der Waals surface area contributed by atoms with Gasteiger partial charge in [0.1, 0.15) is 11.5 Å². The molecule has 6 heteroatoms. The molecule has 178 valence electrons. The van der Waals surface area contributed by atoms with Gasteiger partial charge in [-0.2, -0.15) is 0 Å². The molecular formula is C29H28N2O3S. The lowest BCUT2D eigenvalue weighted by Gasteiger charge is -2.32. The first-order chi connectivity index (χ1) is 17.1. The van der Waals surface area contributed by atoms with E-state index in [1.165, 1.54) is 0 Å². The van der Waals surface area contributed by atoms with Crippen molar-refractivity contribution < 1.29 is 14.3 Å². The molecule has 0 unspecified atom stereocenters. The Balaban J connectivity index is 1.60. The summed E-state index contributed by atoms with van der Waals surface area (Å²) in [7, 11) is 3.27. The lowest BCUT2D eigenvalue weighted by atomic mass is 9.94. The molecule has 0 aliphatic carbocycles. The zero-order valence-corrected chi connectivity index (χ0v) is 20.7. The number of rotatable bonds is 6. The van der Waals surface area contributed by atoms with Gasteiger partial charge >= 0.3 is 0 Å². The molecule has 0 saturated carbocycles. The first-order valence-corrected chi connectivity index (χ1v) is 11.8. The number of benzene rings is 3. The van der Waals surface area contributed by atoms with Crippen LogP contribution in [0.5, 0.6) is 11.5 Å². The number of piperidine rings is 1. The zero-order chi connectivity index (χ0) is 24.6. The van der Waals surface area contributed by atoms with E-state index in [1.54, 1.807) is 14.2 Å². The number of carbonyl (C=O) groups is 1. The molecular weight excluding hydrogens is 456 g/mol. The van der Waals surface area contributed by atoms with Gasteiger partial charge in [-0.25, -0.2) is 0 Å². The Morgan fingerprint density at radius 3 is 1.77 bits per heavy atom. The average Bonchev–Trinajstić information content (AvgIpc) is 2.91. The molecule has 0 bridgehead atoms. The van der Waals surface area contributed by atoms with Crippen LogP contribution in [0.3, 0.4) is 0 Å². The third kappa shape index (κ3) is 6.37. The smallest absolute Gasteiger partial charge is 0.188 e. The molecule has 3 aromatic carbocycles. The summed E-state index contributed by atoms with van der Waals surface area (Å²) in [5.74, 6) is 1.57.